The van der Waals surface area contributed by atoms with Gasteiger partial charge in [-0.25, -0.2) is 19.9 Å². The number of fused-ring (bicyclic) bond motifs is 13. The Morgan fingerprint density at radius 1 is 0.288 bits per heavy atom. The zero-order chi connectivity index (χ0) is 38.9. The van der Waals surface area contributed by atoms with Crippen molar-refractivity contribution < 1.29 is 0 Å². The molecule has 4 heteroatoms. The first-order valence-corrected chi connectivity index (χ1v) is 20.0. The maximum Gasteiger partial charge on any atom is 0.160 e. The highest BCUT2D eigenvalue weighted by Crippen LogP contribution is 2.62. The van der Waals surface area contributed by atoms with Crippen molar-refractivity contribution >= 4 is 10.8 Å². The number of benzene rings is 8. The molecule has 0 saturated heterocycles. The van der Waals surface area contributed by atoms with Gasteiger partial charge in [-0.15, -0.1) is 0 Å². The van der Waals surface area contributed by atoms with Crippen LogP contribution in [0.5, 0.6) is 0 Å². The van der Waals surface area contributed by atoms with Crippen molar-refractivity contribution in [2.75, 3.05) is 0 Å². The molecule has 2 aliphatic rings. The fourth-order valence-corrected chi connectivity index (χ4v) is 9.59. The first-order valence-electron chi connectivity index (χ1n) is 20.0. The minimum atomic E-state index is -0.641. The van der Waals surface area contributed by atoms with Crippen molar-refractivity contribution in [3.63, 3.8) is 0 Å². The van der Waals surface area contributed by atoms with Gasteiger partial charge in [0.05, 0.1) is 16.8 Å². The van der Waals surface area contributed by atoms with E-state index < -0.39 is 5.41 Å². The number of hydrogen-bond donors (Lipinski definition) is 0. The number of nitrogens with zero attached hydrogens (tertiary/aromatic N) is 4. The molecular weight excluding hydrogens is 717 g/mol. The zero-order valence-corrected chi connectivity index (χ0v) is 31.9. The topological polar surface area (TPSA) is 51.6 Å². The Balaban J connectivity index is 1.15. The Morgan fingerprint density at radius 2 is 0.780 bits per heavy atom. The van der Waals surface area contributed by atoms with Gasteiger partial charge in [0.2, 0.25) is 0 Å². The highest BCUT2D eigenvalue weighted by Gasteiger charge is 2.50. The second kappa shape index (κ2) is 13.1. The normalized spacial score (nSPS) is 14.5. The van der Waals surface area contributed by atoms with E-state index >= 15 is 0 Å². The standard InChI is InChI=1S/C55H34N4/c1-3-15-35(16-4-1)51-32-52(40-33-56-53(57-34-40)36-17-5-2-6-18-36)59-54(58-51)39-27-28-45-42-22-10-9-21-41(42)43-23-11-13-25-47(43)55(49(45)31-39)48-26-14-12-24-44(48)46-29-37-19-7-8-20-38(37)30-50(46)55/h1-34H. The molecule has 4 nitrogen and oxygen atoms in total. The highest BCUT2D eigenvalue weighted by molar-refractivity contribution is 6.01. The van der Waals surface area contributed by atoms with Gasteiger partial charge in [-0.1, -0.05) is 170 Å². The van der Waals surface area contributed by atoms with Gasteiger partial charge < -0.3 is 0 Å². The fourth-order valence-electron chi connectivity index (χ4n) is 9.59. The van der Waals surface area contributed by atoms with Crippen LogP contribution in [-0.2, 0) is 5.41 Å². The van der Waals surface area contributed by atoms with E-state index in [-0.39, 0.29) is 0 Å². The molecule has 0 amide bonds. The summed E-state index contributed by atoms with van der Waals surface area (Å²) in [5.41, 5.74) is 17.1. The van der Waals surface area contributed by atoms with Gasteiger partial charge in [0.15, 0.2) is 11.6 Å². The number of hydrogen-bond acceptors (Lipinski definition) is 4. The molecule has 8 aromatic carbocycles. The minimum absolute atomic E-state index is 0.641. The lowest BCUT2D eigenvalue weighted by molar-refractivity contribution is 0.776. The van der Waals surface area contributed by atoms with Crippen LogP contribution in [0.15, 0.2) is 207 Å². The summed E-state index contributed by atoms with van der Waals surface area (Å²) >= 11 is 0. The van der Waals surface area contributed by atoms with E-state index in [4.69, 9.17) is 19.9 Å². The Bertz CT molecular complexity index is 3270. The van der Waals surface area contributed by atoms with Crippen molar-refractivity contribution in [1.82, 2.24) is 19.9 Å². The third-order valence-corrected chi connectivity index (χ3v) is 12.2. The molecule has 1 atom stereocenters. The van der Waals surface area contributed by atoms with E-state index in [9.17, 15) is 0 Å². The summed E-state index contributed by atoms with van der Waals surface area (Å²) in [5, 5.41) is 2.45. The van der Waals surface area contributed by atoms with Crippen LogP contribution >= 0.6 is 0 Å². The summed E-state index contributed by atoms with van der Waals surface area (Å²) in [5.74, 6) is 1.32. The molecule has 59 heavy (non-hydrogen) atoms. The summed E-state index contributed by atoms with van der Waals surface area (Å²) in [6.07, 6.45) is 3.74. The Hall–Kier alpha value is -7.82. The number of rotatable bonds is 4. The average molecular weight is 751 g/mol. The lowest BCUT2D eigenvalue weighted by Crippen LogP contribution is -2.29. The Labute approximate surface area is 342 Å². The summed E-state index contributed by atoms with van der Waals surface area (Å²) in [6.45, 7) is 0. The molecule has 12 rings (SSSR count). The SMILES string of the molecule is c1ccc(-c2cc(-c3cnc(-c4ccccc4)nc3)nc(-c3ccc4c(c3)C3(c5ccccc5-c5ccccc5-4)c4ccccc4-c4cc5ccccc5cc43)n2)cc1. The molecule has 0 N–H and O–H groups in total. The van der Waals surface area contributed by atoms with Crippen molar-refractivity contribution in [2.45, 2.75) is 5.41 Å². The van der Waals surface area contributed by atoms with Crippen LogP contribution in [0.2, 0.25) is 0 Å². The smallest absolute Gasteiger partial charge is 0.160 e. The largest absolute Gasteiger partial charge is 0.236 e. The maximum atomic E-state index is 5.32. The lowest BCUT2D eigenvalue weighted by atomic mass is 9.65. The second-order valence-electron chi connectivity index (χ2n) is 15.4. The molecule has 1 spiro atoms. The monoisotopic (exact) mass is 750 g/mol. The van der Waals surface area contributed by atoms with Crippen molar-refractivity contribution in [3.8, 4) is 78.7 Å². The van der Waals surface area contributed by atoms with Crippen LogP contribution in [0.3, 0.4) is 0 Å². The first kappa shape index (κ1) is 33.3. The predicted molar refractivity (Wildman–Crippen MR) is 239 cm³/mol. The fraction of sp³-hybridized carbons (Fsp3) is 0.0182. The molecule has 274 valence electrons. The van der Waals surface area contributed by atoms with Gasteiger partial charge in [0, 0.05) is 34.6 Å². The average Bonchev–Trinajstić information content (AvgIpc) is 3.54. The molecule has 0 bridgehead atoms. The van der Waals surface area contributed by atoms with Crippen molar-refractivity contribution in [2.24, 2.45) is 0 Å². The van der Waals surface area contributed by atoms with Gasteiger partial charge >= 0.3 is 0 Å². The molecule has 2 heterocycles. The van der Waals surface area contributed by atoms with Crippen LogP contribution in [0, 0.1) is 0 Å². The van der Waals surface area contributed by atoms with E-state index in [0.29, 0.717) is 11.6 Å². The molecule has 0 radical (unpaired) electrons. The molecule has 10 aromatic rings. The summed E-state index contributed by atoms with van der Waals surface area (Å²) in [6, 6.07) is 69.8. The van der Waals surface area contributed by atoms with E-state index in [1.165, 1.54) is 66.4 Å². The van der Waals surface area contributed by atoms with Crippen LogP contribution in [0.4, 0.5) is 0 Å². The summed E-state index contributed by atoms with van der Waals surface area (Å²) in [4.78, 5) is 20.2. The van der Waals surface area contributed by atoms with Gasteiger partial charge in [-0.05, 0) is 90.7 Å². The van der Waals surface area contributed by atoms with Crippen LogP contribution in [-0.4, -0.2) is 19.9 Å². The van der Waals surface area contributed by atoms with Gasteiger partial charge in [-0.3, -0.25) is 0 Å². The molecule has 2 aliphatic carbocycles. The Morgan fingerprint density at radius 3 is 1.44 bits per heavy atom. The quantitative estimate of drug-likeness (QED) is 0.180. The number of aromatic nitrogens is 4. The van der Waals surface area contributed by atoms with Crippen LogP contribution < -0.4 is 0 Å². The predicted octanol–water partition coefficient (Wildman–Crippen LogP) is 13.1. The summed E-state index contributed by atoms with van der Waals surface area (Å²) < 4.78 is 0. The third-order valence-electron chi connectivity index (χ3n) is 12.2. The zero-order valence-electron chi connectivity index (χ0n) is 31.9. The van der Waals surface area contributed by atoms with E-state index in [1.807, 2.05) is 67.0 Å². The van der Waals surface area contributed by atoms with Crippen LogP contribution in [0.1, 0.15) is 22.3 Å². The first-order chi connectivity index (χ1) is 29.2. The molecular formula is C55H34N4. The molecule has 0 saturated carbocycles. The molecule has 0 fully saturated rings. The van der Waals surface area contributed by atoms with Gasteiger partial charge in [0.1, 0.15) is 0 Å². The highest BCUT2D eigenvalue weighted by atomic mass is 14.9. The molecule has 1 unspecified atom stereocenters. The third kappa shape index (κ3) is 5.10. The van der Waals surface area contributed by atoms with Crippen molar-refractivity contribution in [3.05, 3.63) is 229 Å². The van der Waals surface area contributed by atoms with E-state index in [2.05, 4.69) is 140 Å². The summed E-state index contributed by atoms with van der Waals surface area (Å²) in [7, 11) is 0. The van der Waals surface area contributed by atoms with Gasteiger partial charge in [0.25, 0.3) is 0 Å². The lowest BCUT2D eigenvalue weighted by Gasteiger charge is -2.35. The molecule has 0 aliphatic heterocycles. The van der Waals surface area contributed by atoms with E-state index in [0.717, 1.165) is 33.6 Å². The Kier molecular flexibility index (Phi) is 7.41. The van der Waals surface area contributed by atoms with E-state index in [1.54, 1.807) is 0 Å². The minimum Gasteiger partial charge on any atom is -0.236 e. The molecule has 2 aromatic heterocycles. The van der Waals surface area contributed by atoms with Crippen LogP contribution in [0.25, 0.3) is 89.4 Å². The van der Waals surface area contributed by atoms with Crippen molar-refractivity contribution in [1.29, 1.82) is 0 Å². The maximum absolute atomic E-state index is 5.32. The van der Waals surface area contributed by atoms with Gasteiger partial charge in [-0.2, -0.15) is 0 Å². The second-order valence-corrected chi connectivity index (χ2v) is 15.4.